The number of pyridine rings is 1. The van der Waals surface area contributed by atoms with Crippen molar-refractivity contribution in [3.63, 3.8) is 0 Å². The molecule has 6 rings (SSSR count). The number of amides is 1. The lowest BCUT2D eigenvalue weighted by molar-refractivity contribution is -0.122. The van der Waals surface area contributed by atoms with Gasteiger partial charge in [0.1, 0.15) is 10.4 Å². The van der Waals surface area contributed by atoms with Crippen LogP contribution < -0.4 is 16.0 Å². The van der Waals surface area contributed by atoms with Gasteiger partial charge < -0.3 is 26.0 Å². The molecular formula is C21H21Cl2N7O2S. The van der Waals surface area contributed by atoms with Crippen molar-refractivity contribution in [2.75, 3.05) is 23.3 Å². The van der Waals surface area contributed by atoms with Gasteiger partial charge in [-0.15, -0.1) is 0 Å². The van der Waals surface area contributed by atoms with E-state index in [2.05, 4.69) is 37.4 Å². The maximum absolute atomic E-state index is 12.1. The van der Waals surface area contributed by atoms with E-state index in [4.69, 9.17) is 28.9 Å². The van der Waals surface area contributed by atoms with Crippen LogP contribution in [0.4, 0.5) is 10.8 Å². The van der Waals surface area contributed by atoms with Crippen LogP contribution in [0.15, 0.2) is 18.3 Å². The number of aromatic amines is 1. The van der Waals surface area contributed by atoms with Crippen molar-refractivity contribution in [3.8, 4) is 10.7 Å². The Morgan fingerprint density at radius 3 is 2.88 bits per heavy atom. The lowest BCUT2D eigenvalue weighted by Crippen LogP contribution is -2.41. The second kappa shape index (κ2) is 7.83. The zero-order valence-electron chi connectivity index (χ0n) is 17.3. The summed E-state index contributed by atoms with van der Waals surface area (Å²) < 4.78 is 0. The molecule has 0 radical (unpaired) electrons. The third-order valence-electron chi connectivity index (χ3n) is 6.80. The number of imidazole rings is 1. The number of nitrogens with zero attached hydrogens (tertiary/aromatic N) is 4. The van der Waals surface area contributed by atoms with Crippen LogP contribution in [0.3, 0.4) is 0 Å². The summed E-state index contributed by atoms with van der Waals surface area (Å²) in [4.78, 5) is 31.6. The fourth-order valence-corrected chi connectivity index (χ4v) is 6.71. The number of aromatic nitrogens is 4. The van der Waals surface area contributed by atoms with E-state index in [0.29, 0.717) is 50.7 Å². The number of H-pyrrole nitrogens is 1. The number of thiazole rings is 1. The zero-order valence-corrected chi connectivity index (χ0v) is 19.7. The SMILES string of the molecule is NC(=O)[C@@H]1[C@H](Nc2c(Cl)cnc3nc(-c4sc(N5CC[C@@H](O)C5)nc4Cl)[nH]c23)[C@H]2C=C[C@@H]1C2. The standard InChI is InChI=1S/C21H21Cl2N7O2S/c22-11-6-25-19-15(14(11)26-13-9-2-1-8(5-9)12(13)18(24)32)27-20(29-19)16-17(23)28-21(33-16)30-4-3-10(31)7-30/h1-2,6,8-10,12-13,31H,3-5,7H2,(H2,24,32)(H2,25,26,27,29)/t8-,9+,10-,12+,13-/m1/s1. The fraction of sp³-hybridized carbons (Fsp3) is 0.429. The molecule has 5 atom stereocenters. The van der Waals surface area contributed by atoms with Crippen molar-refractivity contribution in [3.05, 3.63) is 28.5 Å². The van der Waals surface area contributed by atoms with Gasteiger partial charge in [0, 0.05) is 19.1 Å². The molecule has 0 unspecified atom stereocenters. The second-order valence-corrected chi connectivity index (χ2v) is 10.6. The average molecular weight is 506 g/mol. The van der Waals surface area contributed by atoms with Crippen molar-refractivity contribution in [1.82, 2.24) is 19.9 Å². The molecule has 1 saturated carbocycles. The summed E-state index contributed by atoms with van der Waals surface area (Å²) in [6, 6.07) is -0.146. The minimum absolute atomic E-state index is 0.146. The molecule has 4 heterocycles. The highest BCUT2D eigenvalue weighted by atomic mass is 35.5. The molecule has 1 saturated heterocycles. The molecule has 2 aliphatic carbocycles. The number of fused-ring (bicyclic) bond motifs is 3. The minimum Gasteiger partial charge on any atom is -0.391 e. The van der Waals surface area contributed by atoms with E-state index in [1.807, 2.05) is 4.90 Å². The zero-order chi connectivity index (χ0) is 22.9. The molecule has 12 heteroatoms. The van der Waals surface area contributed by atoms with Gasteiger partial charge in [0.2, 0.25) is 5.91 Å². The number of β-amino-alcohol motifs (C(OH)–C–C–N with tert-alkyl or cyclic N) is 1. The van der Waals surface area contributed by atoms with Gasteiger partial charge in [0.25, 0.3) is 0 Å². The summed E-state index contributed by atoms with van der Waals surface area (Å²) in [5.41, 5.74) is 7.47. The first-order valence-electron chi connectivity index (χ1n) is 10.8. The third-order valence-corrected chi connectivity index (χ3v) is 8.59. The molecule has 1 amide bonds. The van der Waals surface area contributed by atoms with Crippen molar-refractivity contribution in [2.24, 2.45) is 23.5 Å². The smallest absolute Gasteiger partial charge is 0.223 e. The third kappa shape index (κ3) is 3.47. The summed E-state index contributed by atoms with van der Waals surface area (Å²) in [5, 5.41) is 14.8. The Hall–Kier alpha value is -2.40. The molecule has 3 aromatic rings. The van der Waals surface area contributed by atoms with Crippen molar-refractivity contribution in [2.45, 2.75) is 25.0 Å². The Morgan fingerprint density at radius 1 is 1.30 bits per heavy atom. The maximum Gasteiger partial charge on any atom is 0.223 e. The van der Waals surface area contributed by atoms with Gasteiger partial charge in [-0.1, -0.05) is 46.7 Å². The molecule has 33 heavy (non-hydrogen) atoms. The molecule has 172 valence electrons. The highest BCUT2D eigenvalue weighted by Gasteiger charge is 2.47. The van der Waals surface area contributed by atoms with Gasteiger partial charge in [0.05, 0.1) is 28.9 Å². The number of aliphatic hydroxyl groups is 1. The molecule has 1 aliphatic heterocycles. The van der Waals surface area contributed by atoms with Gasteiger partial charge in [-0.2, -0.15) is 0 Å². The quantitative estimate of drug-likeness (QED) is 0.391. The normalized spacial score (nSPS) is 28.3. The molecule has 2 bridgehead atoms. The van der Waals surface area contributed by atoms with E-state index in [1.165, 1.54) is 11.3 Å². The van der Waals surface area contributed by atoms with Crippen molar-refractivity contribution >= 4 is 62.4 Å². The van der Waals surface area contributed by atoms with Crippen LogP contribution in [0.1, 0.15) is 12.8 Å². The van der Waals surface area contributed by atoms with Crippen LogP contribution in [0.2, 0.25) is 10.2 Å². The van der Waals surface area contributed by atoms with Crippen LogP contribution in [-0.2, 0) is 4.79 Å². The van der Waals surface area contributed by atoms with E-state index in [1.54, 1.807) is 6.20 Å². The molecule has 0 aromatic carbocycles. The monoisotopic (exact) mass is 505 g/mol. The minimum atomic E-state index is -0.354. The second-order valence-electron chi connectivity index (χ2n) is 8.82. The number of hydrogen-bond donors (Lipinski definition) is 4. The highest BCUT2D eigenvalue weighted by molar-refractivity contribution is 7.19. The molecule has 3 aromatic heterocycles. The van der Waals surface area contributed by atoms with Gasteiger partial charge in [-0.25, -0.2) is 15.0 Å². The predicted octanol–water partition coefficient (Wildman–Crippen LogP) is 3.05. The Morgan fingerprint density at radius 2 is 2.12 bits per heavy atom. The molecule has 2 fully saturated rings. The van der Waals surface area contributed by atoms with Crippen LogP contribution in [-0.4, -0.2) is 56.2 Å². The van der Waals surface area contributed by atoms with E-state index in [-0.39, 0.29) is 35.8 Å². The van der Waals surface area contributed by atoms with Crippen LogP contribution in [0.25, 0.3) is 21.9 Å². The molecular weight excluding hydrogens is 485 g/mol. The number of hydrogen-bond acceptors (Lipinski definition) is 8. The Bertz CT molecular complexity index is 1290. The van der Waals surface area contributed by atoms with E-state index < -0.39 is 0 Å². The van der Waals surface area contributed by atoms with E-state index >= 15 is 0 Å². The lowest BCUT2D eigenvalue weighted by atomic mass is 9.88. The summed E-state index contributed by atoms with van der Waals surface area (Å²) in [6.07, 6.45) is 7.02. The van der Waals surface area contributed by atoms with Crippen molar-refractivity contribution in [1.29, 1.82) is 0 Å². The number of nitrogens with two attached hydrogens (primary N) is 1. The first-order valence-corrected chi connectivity index (χ1v) is 12.3. The number of carbonyl (C=O) groups excluding carboxylic acids is 1. The van der Waals surface area contributed by atoms with Crippen molar-refractivity contribution < 1.29 is 9.90 Å². The number of primary amides is 1. The summed E-state index contributed by atoms with van der Waals surface area (Å²) in [7, 11) is 0. The van der Waals surface area contributed by atoms with E-state index in [0.717, 1.165) is 18.1 Å². The first-order chi connectivity index (χ1) is 15.9. The highest BCUT2D eigenvalue weighted by Crippen LogP contribution is 2.46. The predicted molar refractivity (Wildman–Crippen MR) is 129 cm³/mol. The number of aliphatic hydroxyl groups excluding tert-OH is 1. The number of nitrogens with one attached hydrogen (secondary N) is 2. The largest absolute Gasteiger partial charge is 0.391 e. The lowest BCUT2D eigenvalue weighted by Gasteiger charge is -2.28. The molecule has 0 spiro atoms. The van der Waals surface area contributed by atoms with Gasteiger partial charge >= 0.3 is 0 Å². The summed E-state index contributed by atoms with van der Waals surface area (Å²) >= 11 is 14.4. The first kappa shape index (κ1) is 21.2. The molecule has 3 aliphatic rings. The van der Waals surface area contributed by atoms with E-state index in [9.17, 15) is 9.90 Å². The number of allylic oxidation sites excluding steroid dienone is 1. The van der Waals surface area contributed by atoms with Crippen LogP contribution in [0, 0.1) is 17.8 Å². The van der Waals surface area contributed by atoms with Gasteiger partial charge in [-0.05, 0) is 24.7 Å². The van der Waals surface area contributed by atoms with Crippen LogP contribution >= 0.6 is 34.5 Å². The Kier molecular flexibility index (Phi) is 5.02. The number of anilines is 2. The summed E-state index contributed by atoms with van der Waals surface area (Å²) in [6.45, 7) is 1.27. The van der Waals surface area contributed by atoms with Gasteiger partial charge in [-0.3, -0.25) is 4.79 Å². The topological polar surface area (TPSA) is 133 Å². The Balaban J connectivity index is 1.36. The molecule has 9 nitrogen and oxygen atoms in total. The Labute approximate surface area is 203 Å². The average Bonchev–Trinajstić information content (AvgIpc) is 3.57. The maximum atomic E-state index is 12.1. The summed E-state index contributed by atoms with van der Waals surface area (Å²) in [5.74, 6) is 0.291. The molecule has 5 N–H and O–H groups in total. The number of rotatable bonds is 5. The van der Waals surface area contributed by atoms with Crippen LogP contribution in [0.5, 0.6) is 0 Å². The fourth-order valence-electron chi connectivity index (χ4n) is 5.24. The van der Waals surface area contributed by atoms with Gasteiger partial charge in [0.15, 0.2) is 21.8 Å². The number of halogens is 2. The number of carbonyl (C=O) groups is 1.